The van der Waals surface area contributed by atoms with Gasteiger partial charge in [0.25, 0.3) is 5.69 Å². The number of aromatic nitrogens is 1. The number of pyridine rings is 1. The molecule has 0 bridgehead atoms. The first-order chi connectivity index (χ1) is 14.6. The van der Waals surface area contributed by atoms with Crippen LogP contribution < -0.4 is 5.43 Å². The number of fused-ring (bicyclic) bond motifs is 1. The summed E-state index contributed by atoms with van der Waals surface area (Å²) in [5.74, 6) is -0.284. The Hall–Kier alpha value is -4.39. The molecule has 4 rings (SSSR count). The van der Waals surface area contributed by atoms with Gasteiger partial charge in [0.15, 0.2) is 5.71 Å². The van der Waals surface area contributed by atoms with E-state index in [-0.39, 0.29) is 17.2 Å². The van der Waals surface area contributed by atoms with E-state index in [9.17, 15) is 14.9 Å². The molecule has 0 amide bonds. The smallest absolute Gasteiger partial charge is 0.269 e. The SMILES string of the molecule is O=C(/C(=N\Nc1ccc([N+](=O)[O-])cc1)c1ccc2ccccc2n1)c1ccccc1. The Morgan fingerprint density at radius 2 is 1.57 bits per heavy atom. The number of nitrogens with one attached hydrogen (secondary N) is 1. The first kappa shape index (κ1) is 18.9. The zero-order valence-corrected chi connectivity index (χ0v) is 15.7. The number of nitro benzene ring substituents is 1. The van der Waals surface area contributed by atoms with Gasteiger partial charge in [-0.1, -0.05) is 54.6 Å². The van der Waals surface area contributed by atoms with Crippen LogP contribution in [0, 0.1) is 10.1 Å². The molecule has 146 valence electrons. The number of para-hydroxylation sites is 1. The number of nitrogens with zero attached hydrogens (tertiary/aromatic N) is 3. The van der Waals surface area contributed by atoms with Crippen molar-refractivity contribution >= 4 is 33.8 Å². The van der Waals surface area contributed by atoms with Gasteiger partial charge in [-0.25, -0.2) is 4.98 Å². The Bertz CT molecular complexity index is 1250. The number of ketones is 1. The number of non-ortho nitro benzene ring substituents is 1. The maximum Gasteiger partial charge on any atom is 0.269 e. The fourth-order valence-electron chi connectivity index (χ4n) is 2.93. The van der Waals surface area contributed by atoms with Crippen LogP contribution in [0.2, 0.25) is 0 Å². The van der Waals surface area contributed by atoms with Gasteiger partial charge in [-0.3, -0.25) is 20.3 Å². The van der Waals surface area contributed by atoms with Crippen molar-refractivity contribution in [3.63, 3.8) is 0 Å². The molecule has 0 saturated heterocycles. The molecular formula is C23H16N4O3. The van der Waals surface area contributed by atoms with Crippen LogP contribution in [-0.2, 0) is 0 Å². The van der Waals surface area contributed by atoms with E-state index in [4.69, 9.17) is 0 Å². The summed E-state index contributed by atoms with van der Waals surface area (Å²) in [6, 6.07) is 25.8. The minimum atomic E-state index is -0.476. The van der Waals surface area contributed by atoms with Crippen LogP contribution in [0.15, 0.2) is 96.1 Å². The second-order valence-corrected chi connectivity index (χ2v) is 6.46. The van der Waals surface area contributed by atoms with E-state index in [1.165, 1.54) is 24.3 Å². The van der Waals surface area contributed by atoms with Crippen LogP contribution in [0.4, 0.5) is 11.4 Å². The van der Waals surface area contributed by atoms with Gasteiger partial charge < -0.3 is 0 Å². The number of hydrogen-bond acceptors (Lipinski definition) is 6. The molecule has 7 heteroatoms. The number of benzene rings is 3. The topological polar surface area (TPSA) is 97.5 Å². The largest absolute Gasteiger partial charge is 0.287 e. The third-order valence-electron chi connectivity index (χ3n) is 4.47. The summed E-state index contributed by atoms with van der Waals surface area (Å²) in [5.41, 5.74) is 5.10. The monoisotopic (exact) mass is 396 g/mol. The summed E-state index contributed by atoms with van der Waals surface area (Å²) < 4.78 is 0. The van der Waals surface area contributed by atoms with Crippen molar-refractivity contribution in [3.8, 4) is 0 Å². The van der Waals surface area contributed by atoms with Gasteiger partial charge in [-0.05, 0) is 24.3 Å². The van der Waals surface area contributed by atoms with Crippen LogP contribution in [0.5, 0.6) is 0 Å². The number of nitro groups is 1. The molecule has 0 aliphatic carbocycles. The average molecular weight is 396 g/mol. The van der Waals surface area contributed by atoms with Crippen molar-refractivity contribution in [1.29, 1.82) is 0 Å². The third-order valence-corrected chi connectivity index (χ3v) is 4.47. The molecule has 1 heterocycles. The lowest BCUT2D eigenvalue weighted by molar-refractivity contribution is -0.384. The molecule has 30 heavy (non-hydrogen) atoms. The molecule has 4 aromatic rings. The molecule has 0 atom stereocenters. The van der Waals surface area contributed by atoms with E-state index in [0.717, 1.165) is 10.9 Å². The molecule has 1 N–H and O–H groups in total. The van der Waals surface area contributed by atoms with Crippen LogP contribution in [0.3, 0.4) is 0 Å². The number of hydrazone groups is 1. The van der Waals surface area contributed by atoms with Gasteiger partial charge in [-0.15, -0.1) is 0 Å². The molecule has 0 aliphatic rings. The molecule has 0 unspecified atom stereocenters. The molecule has 0 aliphatic heterocycles. The lowest BCUT2D eigenvalue weighted by Gasteiger charge is -2.08. The molecule has 0 radical (unpaired) electrons. The van der Waals surface area contributed by atoms with Crippen LogP contribution in [0.25, 0.3) is 10.9 Å². The van der Waals surface area contributed by atoms with Crippen molar-refractivity contribution in [2.75, 3.05) is 5.43 Å². The second-order valence-electron chi connectivity index (χ2n) is 6.46. The van der Waals surface area contributed by atoms with E-state index < -0.39 is 4.92 Å². The maximum atomic E-state index is 13.1. The minimum Gasteiger partial charge on any atom is -0.287 e. The minimum absolute atomic E-state index is 0.0266. The Morgan fingerprint density at radius 3 is 2.30 bits per heavy atom. The molecule has 7 nitrogen and oxygen atoms in total. The van der Waals surface area contributed by atoms with Crippen molar-refractivity contribution < 1.29 is 9.72 Å². The number of carbonyl (C=O) groups excluding carboxylic acids is 1. The van der Waals surface area contributed by atoms with Crippen molar-refractivity contribution in [2.45, 2.75) is 0 Å². The fourth-order valence-corrected chi connectivity index (χ4v) is 2.93. The Morgan fingerprint density at radius 1 is 0.867 bits per heavy atom. The summed E-state index contributed by atoms with van der Waals surface area (Å²) in [6.07, 6.45) is 0. The summed E-state index contributed by atoms with van der Waals surface area (Å²) in [4.78, 5) is 28.1. The second kappa shape index (κ2) is 8.32. The van der Waals surface area contributed by atoms with Crippen molar-refractivity contribution in [1.82, 2.24) is 4.98 Å². The molecule has 0 fully saturated rings. The van der Waals surface area contributed by atoms with Gasteiger partial charge >= 0.3 is 0 Å². The van der Waals surface area contributed by atoms with Crippen LogP contribution in [-0.4, -0.2) is 21.4 Å². The van der Waals surface area contributed by atoms with Crippen LogP contribution in [0.1, 0.15) is 16.1 Å². The Balaban J connectivity index is 1.73. The average Bonchev–Trinajstić information content (AvgIpc) is 2.80. The lowest BCUT2D eigenvalue weighted by atomic mass is 10.0. The standard InChI is InChI=1S/C23H16N4O3/c28-23(17-7-2-1-3-8-17)22(21-15-10-16-6-4-5-9-20(16)24-21)26-25-18-11-13-19(14-12-18)27(29)30/h1-15,25H/b26-22-. The number of Topliss-reactive ketones (excluding diaryl/α,β-unsaturated/α-hetero) is 1. The highest BCUT2D eigenvalue weighted by molar-refractivity contribution is 6.51. The maximum absolute atomic E-state index is 13.1. The van der Waals surface area contributed by atoms with Crippen LogP contribution >= 0.6 is 0 Å². The molecular weight excluding hydrogens is 380 g/mol. The number of anilines is 1. The normalized spacial score (nSPS) is 11.3. The van der Waals surface area contributed by atoms with Gasteiger partial charge in [0, 0.05) is 23.1 Å². The molecule has 0 saturated carbocycles. The first-order valence-electron chi connectivity index (χ1n) is 9.16. The third kappa shape index (κ3) is 4.05. The highest BCUT2D eigenvalue weighted by Gasteiger charge is 2.18. The Labute approximate surface area is 171 Å². The van der Waals surface area contributed by atoms with Gasteiger partial charge in [0.2, 0.25) is 5.78 Å². The van der Waals surface area contributed by atoms with E-state index in [1.807, 2.05) is 36.4 Å². The zero-order chi connectivity index (χ0) is 20.9. The number of hydrogen-bond donors (Lipinski definition) is 1. The van der Waals surface area contributed by atoms with Gasteiger partial charge in [0.05, 0.1) is 21.8 Å². The van der Waals surface area contributed by atoms with Gasteiger partial charge in [0.1, 0.15) is 0 Å². The highest BCUT2D eigenvalue weighted by atomic mass is 16.6. The van der Waals surface area contributed by atoms with Gasteiger partial charge in [-0.2, -0.15) is 5.10 Å². The highest BCUT2D eigenvalue weighted by Crippen LogP contribution is 2.17. The first-order valence-corrected chi connectivity index (χ1v) is 9.16. The van der Waals surface area contributed by atoms with Crippen molar-refractivity contribution in [2.24, 2.45) is 5.10 Å². The quantitative estimate of drug-likeness (QED) is 0.218. The Kier molecular flexibility index (Phi) is 5.25. The summed E-state index contributed by atoms with van der Waals surface area (Å²) in [6.45, 7) is 0. The molecule has 1 aromatic heterocycles. The van der Waals surface area contributed by atoms with E-state index >= 15 is 0 Å². The van der Waals surface area contributed by atoms with E-state index in [2.05, 4.69) is 15.5 Å². The summed E-state index contributed by atoms with van der Waals surface area (Å²) in [5, 5.41) is 16.1. The lowest BCUT2D eigenvalue weighted by Crippen LogP contribution is -2.19. The van der Waals surface area contributed by atoms with E-state index in [1.54, 1.807) is 30.3 Å². The summed E-state index contributed by atoms with van der Waals surface area (Å²) >= 11 is 0. The number of rotatable bonds is 6. The number of carbonyl (C=O) groups is 1. The van der Waals surface area contributed by atoms with E-state index in [0.29, 0.717) is 16.9 Å². The zero-order valence-electron chi connectivity index (χ0n) is 15.7. The fraction of sp³-hybridized carbons (Fsp3) is 0. The van der Waals surface area contributed by atoms with Crippen molar-refractivity contribution in [3.05, 3.63) is 112 Å². The predicted octanol–water partition coefficient (Wildman–Crippen LogP) is 4.84. The molecule has 3 aromatic carbocycles. The summed E-state index contributed by atoms with van der Waals surface area (Å²) in [7, 11) is 0. The predicted molar refractivity (Wildman–Crippen MR) is 116 cm³/mol. The molecule has 0 spiro atoms.